The number of ether oxygens (including phenoxy) is 2. The lowest BCUT2D eigenvalue weighted by Crippen LogP contribution is -2.44. The van der Waals surface area contributed by atoms with E-state index in [1.54, 1.807) is 0 Å². The molecule has 2 rings (SSSR count). The van der Waals surface area contributed by atoms with E-state index in [0.29, 0.717) is 19.1 Å². The third kappa shape index (κ3) is 2.01. The van der Waals surface area contributed by atoms with Crippen LogP contribution in [0.15, 0.2) is 11.8 Å². The lowest BCUT2D eigenvalue weighted by Gasteiger charge is -2.38. The van der Waals surface area contributed by atoms with Gasteiger partial charge in [0.25, 0.3) is 5.79 Å². The molecule has 0 radical (unpaired) electrons. The fourth-order valence-corrected chi connectivity index (χ4v) is 1.96. The summed E-state index contributed by atoms with van der Waals surface area (Å²) in [4.78, 5) is 11.2. The van der Waals surface area contributed by atoms with E-state index in [0.717, 1.165) is 19.3 Å². The van der Waals surface area contributed by atoms with Crippen LogP contribution >= 0.6 is 0 Å². The maximum atomic E-state index is 12.3. The van der Waals surface area contributed by atoms with Crippen molar-refractivity contribution in [2.45, 2.75) is 44.1 Å². The predicted molar refractivity (Wildman–Crippen MR) is 47.1 cm³/mol. The number of carbonyl (C=O) groups is 1. The van der Waals surface area contributed by atoms with E-state index in [1.807, 2.05) is 0 Å². The molecule has 1 saturated carbocycles. The summed E-state index contributed by atoms with van der Waals surface area (Å²) < 4.78 is 46.7. The van der Waals surface area contributed by atoms with Crippen molar-refractivity contribution >= 4 is 5.97 Å². The Kier molecular flexibility index (Phi) is 2.59. The van der Waals surface area contributed by atoms with Crippen molar-refractivity contribution in [1.29, 1.82) is 0 Å². The van der Waals surface area contributed by atoms with Crippen molar-refractivity contribution in [2.24, 2.45) is 0 Å². The molecule has 1 aliphatic heterocycles. The number of rotatable bonds is 0. The van der Waals surface area contributed by atoms with Gasteiger partial charge in [-0.2, -0.15) is 13.2 Å². The van der Waals surface area contributed by atoms with Crippen molar-refractivity contribution in [3.8, 4) is 0 Å². The maximum absolute atomic E-state index is 12.3. The van der Waals surface area contributed by atoms with Gasteiger partial charge in [0.2, 0.25) is 0 Å². The van der Waals surface area contributed by atoms with Crippen LogP contribution in [0.3, 0.4) is 0 Å². The van der Waals surface area contributed by atoms with Gasteiger partial charge in [0.05, 0.1) is 0 Å². The Labute approximate surface area is 90.2 Å². The van der Waals surface area contributed by atoms with Crippen molar-refractivity contribution in [3.63, 3.8) is 0 Å². The van der Waals surface area contributed by atoms with Crippen LogP contribution in [0, 0.1) is 0 Å². The zero-order valence-corrected chi connectivity index (χ0v) is 8.47. The second-order valence-electron chi connectivity index (χ2n) is 4.01. The van der Waals surface area contributed by atoms with Crippen LogP contribution in [0.1, 0.15) is 32.1 Å². The Morgan fingerprint density at radius 2 is 1.81 bits per heavy atom. The highest BCUT2D eigenvalue weighted by atomic mass is 19.4. The molecular weight excluding hydrogens is 225 g/mol. The molecule has 0 aromatic heterocycles. The number of hydrogen-bond acceptors (Lipinski definition) is 3. The van der Waals surface area contributed by atoms with Gasteiger partial charge < -0.3 is 9.47 Å². The van der Waals surface area contributed by atoms with Gasteiger partial charge in [-0.15, -0.1) is 0 Å². The molecule has 0 bridgehead atoms. The lowest BCUT2D eigenvalue weighted by atomic mass is 9.93. The molecule has 0 N–H and O–H groups in total. The van der Waals surface area contributed by atoms with Gasteiger partial charge in [-0.25, -0.2) is 4.79 Å². The molecule has 0 saturated heterocycles. The minimum Gasteiger partial charge on any atom is -0.459 e. The summed E-state index contributed by atoms with van der Waals surface area (Å²) >= 11 is 0. The third-order valence-electron chi connectivity index (χ3n) is 2.81. The molecule has 1 heterocycles. The summed E-state index contributed by atoms with van der Waals surface area (Å²) in [5.74, 6) is -2.48. The molecular formula is C10H11F3O3. The molecule has 1 spiro atoms. The van der Waals surface area contributed by atoms with E-state index < -0.39 is 23.5 Å². The average molecular weight is 236 g/mol. The molecule has 0 aromatic rings. The van der Waals surface area contributed by atoms with Gasteiger partial charge in [-0.3, -0.25) is 0 Å². The molecule has 1 fully saturated rings. The Morgan fingerprint density at radius 3 is 2.31 bits per heavy atom. The van der Waals surface area contributed by atoms with Crippen LogP contribution in [-0.2, 0) is 14.3 Å². The van der Waals surface area contributed by atoms with Gasteiger partial charge in [0.15, 0.2) is 5.57 Å². The number of alkyl halides is 3. The highest BCUT2D eigenvalue weighted by molar-refractivity contribution is 5.90. The summed E-state index contributed by atoms with van der Waals surface area (Å²) in [6, 6.07) is 0. The SMILES string of the molecule is O=C1OC2(CCCCC2)OC=C1C(F)(F)F. The van der Waals surface area contributed by atoms with Gasteiger partial charge >= 0.3 is 12.1 Å². The standard InChI is InChI=1S/C10H11F3O3/c11-10(12,13)7-6-15-9(16-8(7)14)4-2-1-3-5-9/h6H,1-5H2. The van der Waals surface area contributed by atoms with Crippen LogP contribution in [-0.4, -0.2) is 17.9 Å². The van der Waals surface area contributed by atoms with Gasteiger partial charge in [0.1, 0.15) is 6.26 Å². The highest BCUT2D eigenvalue weighted by Gasteiger charge is 2.49. The second kappa shape index (κ2) is 3.68. The van der Waals surface area contributed by atoms with E-state index in [2.05, 4.69) is 0 Å². The molecule has 0 atom stereocenters. The summed E-state index contributed by atoms with van der Waals surface area (Å²) in [5.41, 5.74) is -1.37. The monoisotopic (exact) mass is 236 g/mol. The fourth-order valence-electron chi connectivity index (χ4n) is 1.96. The summed E-state index contributed by atoms with van der Waals surface area (Å²) in [5, 5.41) is 0. The minimum atomic E-state index is -4.71. The Balaban J connectivity index is 2.17. The zero-order chi connectivity index (χ0) is 11.8. The average Bonchev–Trinajstić information content (AvgIpc) is 2.16. The van der Waals surface area contributed by atoms with Gasteiger partial charge in [0, 0.05) is 12.8 Å². The highest BCUT2D eigenvalue weighted by Crippen LogP contribution is 2.39. The van der Waals surface area contributed by atoms with Crippen LogP contribution in [0.25, 0.3) is 0 Å². The molecule has 0 unspecified atom stereocenters. The van der Waals surface area contributed by atoms with E-state index in [4.69, 9.17) is 9.47 Å². The Morgan fingerprint density at radius 1 is 1.19 bits per heavy atom. The van der Waals surface area contributed by atoms with Crippen molar-refractivity contribution in [3.05, 3.63) is 11.8 Å². The predicted octanol–water partition coefficient (Wildman–Crippen LogP) is 2.67. The molecule has 2 aliphatic rings. The second-order valence-corrected chi connectivity index (χ2v) is 4.01. The summed E-state index contributed by atoms with van der Waals surface area (Å²) in [7, 11) is 0. The van der Waals surface area contributed by atoms with Crippen molar-refractivity contribution in [2.75, 3.05) is 0 Å². The van der Waals surface area contributed by atoms with Crippen LogP contribution in [0.2, 0.25) is 0 Å². The normalized spacial score (nSPS) is 24.7. The molecule has 16 heavy (non-hydrogen) atoms. The molecule has 90 valence electrons. The minimum absolute atomic E-state index is 0.459. The van der Waals surface area contributed by atoms with Crippen molar-refractivity contribution < 1.29 is 27.4 Å². The first-order chi connectivity index (χ1) is 7.43. The quantitative estimate of drug-likeness (QED) is 0.606. The Bertz CT molecular complexity index is 327. The smallest absolute Gasteiger partial charge is 0.426 e. The van der Waals surface area contributed by atoms with Crippen LogP contribution in [0.5, 0.6) is 0 Å². The lowest BCUT2D eigenvalue weighted by molar-refractivity contribution is -0.236. The van der Waals surface area contributed by atoms with Crippen LogP contribution < -0.4 is 0 Å². The molecule has 3 nitrogen and oxygen atoms in total. The number of hydrogen-bond donors (Lipinski definition) is 0. The topological polar surface area (TPSA) is 35.5 Å². The number of esters is 1. The first-order valence-corrected chi connectivity index (χ1v) is 5.11. The first kappa shape index (κ1) is 11.3. The van der Waals surface area contributed by atoms with E-state index in [9.17, 15) is 18.0 Å². The Hall–Kier alpha value is -1.20. The fraction of sp³-hybridized carbons (Fsp3) is 0.700. The number of carbonyl (C=O) groups excluding carboxylic acids is 1. The largest absolute Gasteiger partial charge is 0.459 e. The molecule has 6 heteroatoms. The molecule has 0 aromatic carbocycles. The van der Waals surface area contributed by atoms with E-state index in [1.165, 1.54) is 0 Å². The van der Waals surface area contributed by atoms with Gasteiger partial charge in [-0.05, 0) is 12.8 Å². The van der Waals surface area contributed by atoms with Crippen LogP contribution in [0.4, 0.5) is 13.2 Å². The summed E-state index contributed by atoms with van der Waals surface area (Å²) in [6.07, 6.45) is -0.727. The maximum Gasteiger partial charge on any atom is 0.426 e. The van der Waals surface area contributed by atoms with E-state index in [-0.39, 0.29) is 0 Å². The first-order valence-electron chi connectivity index (χ1n) is 5.11. The summed E-state index contributed by atoms with van der Waals surface area (Å²) in [6.45, 7) is 0. The third-order valence-corrected chi connectivity index (χ3v) is 2.81. The molecule has 0 amide bonds. The number of halogens is 3. The van der Waals surface area contributed by atoms with Gasteiger partial charge in [-0.1, -0.05) is 6.42 Å². The zero-order valence-electron chi connectivity index (χ0n) is 8.47. The van der Waals surface area contributed by atoms with Crippen molar-refractivity contribution in [1.82, 2.24) is 0 Å². The van der Waals surface area contributed by atoms with E-state index >= 15 is 0 Å². The molecule has 1 aliphatic carbocycles.